The van der Waals surface area contributed by atoms with E-state index in [9.17, 15) is 14.3 Å². The molecule has 1 amide bonds. The van der Waals surface area contributed by atoms with Crippen LogP contribution in [0.4, 0.5) is 4.39 Å². The Morgan fingerprint density at radius 2 is 2.16 bits per heavy atom. The molecule has 1 aromatic carbocycles. The predicted molar refractivity (Wildman–Crippen MR) is 120 cm³/mol. The Kier molecular flexibility index (Phi) is 4.96. The smallest absolute Gasteiger partial charge is 0.267 e. The molecule has 5 rings (SSSR count). The first-order valence-corrected chi connectivity index (χ1v) is 11.9. The third kappa shape index (κ3) is 3.49. The second-order valence-corrected chi connectivity index (χ2v) is 10.6. The summed E-state index contributed by atoms with van der Waals surface area (Å²) in [4.78, 5) is 32.2. The van der Waals surface area contributed by atoms with Gasteiger partial charge in [0.1, 0.15) is 42.5 Å². The van der Waals surface area contributed by atoms with Crippen molar-refractivity contribution in [1.82, 2.24) is 24.8 Å². The first-order valence-electron chi connectivity index (χ1n) is 9.51. The van der Waals surface area contributed by atoms with Crippen molar-refractivity contribution < 1.29 is 14.3 Å². The quantitative estimate of drug-likeness (QED) is 0.416. The van der Waals surface area contributed by atoms with Gasteiger partial charge in [-0.25, -0.2) is 19.3 Å². The first-order chi connectivity index (χ1) is 14.7. The Labute approximate surface area is 193 Å². The zero-order valence-electron chi connectivity index (χ0n) is 16.5. The first kappa shape index (κ1) is 20.7. The van der Waals surface area contributed by atoms with Crippen molar-refractivity contribution in [2.24, 2.45) is 0 Å². The summed E-state index contributed by atoms with van der Waals surface area (Å²) in [6.07, 6.45) is 2.22. The molecular weight excluding hydrogens is 505 g/mol. The summed E-state index contributed by atoms with van der Waals surface area (Å²) < 4.78 is 15.4. The molecule has 0 saturated carbocycles. The molecule has 0 fully saturated rings. The lowest BCUT2D eigenvalue weighted by atomic mass is 10.0. The van der Waals surface area contributed by atoms with Gasteiger partial charge in [-0.2, -0.15) is 0 Å². The highest BCUT2D eigenvalue weighted by Crippen LogP contribution is 2.40. The van der Waals surface area contributed by atoms with Gasteiger partial charge in [0.25, 0.3) is 5.91 Å². The molecule has 0 spiro atoms. The van der Waals surface area contributed by atoms with Crippen molar-refractivity contribution in [3.63, 3.8) is 0 Å². The van der Waals surface area contributed by atoms with E-state index in [-0.39, 0.29) is 5.91 Å². The Morgan fingerprint density at radius 3 is 2.87 bits per heavy atom. The van der Waals surface area contributed by atoms with Crippen molar-refractivity contribution in [1.29, 1.82) is 0 Å². The minimum atomic E-state index is -1.16. The third-order valence-electron chi connectivity index (χ3n) is 5.11. The Balaban J connectivity index is 1.61. The number of aromatic nitrogens is 4. The molecule has 0 saturated heterocycles. The number of amides is 1. The standard InChI is InChI=1S/C20H17BrFN5O2S2/c1-20(2,29)19-26-16(21)15(31-19)18(28)27-7-6-10-13(24-8-23-10)14(27)17-25-12-9(22)4-3-5-11(12)30-17/h3-5,8,14,29H,6-7H2,1-2H3,(H,23,24)/t14-/m0/s1. The predicted octanol–water partition coefficient (Wildman–Crippen LogP) is 4.39. The normalized spacial score (nSPS) is 16.7. The lowest BCUT2D eigenvalue weighted by molar-refractivity contribution is 0.0694. The van der Waals surface area contributed by atoms with Gasteiger partial charge in [0, 0.05) is 18.7 Å². The van der Waals surface area contributed by atoms with E-state index >= 15 is 0 Å². The molecule has 2 N–H and O–H groups in total. The fraction of sp³-hybridized carbons (Fsp3) is 0.300. The second kappa shape index (κ2) is 7.44. The van der Waals surface area contributed by atoms with Crippen molar-refractivity contribution >= 4 is 54.7 Å². The van der Waals surface area contributed by atoms with E-state index < -0.39 is 17.5 Å². The molecule has 0 bridgehead atoms. The van der Waals surface area contributed by atoms with Crippen molar-refractivity contribution in [3.05, 3.63) is 61.2 Å². The number of aliphatic hydroxyl groups is 1. The van der Waals surface area contributed by atoms with Gasteiger partial charge in [0.05, 0.1) is 16.7 Å². The van der Waals surface area contributed by atoms with Crippen LogP contribution >= 0.6 is 38.6 Å². The van der Waals surface area contributed by atoms with Gasteiger partial charge in [0.2, 0.25) is 0 Å². The summed E-state index contributed by atoms with van der Waals surface area (Å²) in [5.74, 6) is -0.630. The van der Waals surface area contributed by atoms with Crippen LogP contribution in [0.5, 0.6) is 0 Å². The van der Waals surface area contributed by atoms with Crippen LogP contribution in [0.3, 0.4) is 0 Å². The fourth-order valence-electron chi connectivity index (χ4n) is 3.62. The van der Waals surface area contributed by atoms with Crippen LogP contribution < -0.4 is 0 Å². The van der Waals surface area contributed by atoms with Gasteiger partial charge in [-0.15, -0.1) is 22.7 Å². The number of fused-ring (bicyclic) bond motifs is 2. The molecule has 4 aromatic rings. The fourth-order valence-corrected chi connectivity index (χ4v) is 6.34. The number of imidazole rings is 1. The summed E-state index contributed by atoms with van der Waals surface area (Å²) in [5, 5.41) is 11.3. The van der Waals surface area contributed by atoms with Crippen LogP contribution in [0.15, 0.2) is 29.1 Å². The van der Waals surface area contributed by atoms with Crippen LogP contribution in [0.1, 0.15) is 51.0 Å². The number of H-pyrrole nitrogens is 1. The van der Waals surface area contributed by atoms with Crippen molar-refractivity contribution in [3.8, 4) is 0 Å². The van der Waals surface area contributed by atoms with Crippen LogP contribution in [0.2, 0.25) is 0 Å². The summed E-state index contributed by atoms with van der Waals surface area (Å²) in [6, 6.07) is 4.30. The number of halogens is 2. The number of nitrogens with zero attached hydrogens (tertiary/aromatic N) is 4. The highest BCUT2D eigenvalue weighted by molar-refractivity contribution is 9.10. The molecule has 7 nitrogen and oxygen atoms in total. The van der Waals surface area contributed by atoms with E-state index in [1.165, 1.54) is 17.4 Å². The van der Waals surface area contributed by atoms with Crippen LogP contribution in [-0.2, 0) is 12.0 Å². The maximum Gasteiger partial charge on any atom is 0.267 e. The molecule has 1 atom stereocenters. The monoisotopic (exact) mass is 521 g/mol. The molecule has 0 aliphatic carbocycles. The zero-order valence-corrected chi connectivity index (χ0v) is 19.7. The van der Waals surface area contributed by atoms with E-state index in [1.54, 1.807) is 31.1 Å². The summed E-state index contributed by atoms with van der Waals surface area (Å²) in [6.45, 7) is 3.70. The minimum Gasteiger partial charge on any atom is -0.383 e. The molecule has 1 aliphatic rings. The maximum atomic E-state index is 14.3. The summed E-state index contributed by atoms with van der Waals surface area (Å²) in [7, 11) is 0. The largest absolute Gasteiger partial charge is 0.383 e. The van der Waals surface area contributed by atoms with Gasteiger partial charge < -0.3 is 15.0 Å². The van der Waals surface area contributed by atoms with E-state index in [0.29, 0.717) is 48.4 Å². The highest BCUT2D eigenvalue weighted by Gasteiger charge is 2.38. The number of para-hydroxylation sites is 1. The maximum absolute atomic E-state index is 14.3. The summed E-state index contributed by atoms with van der Waals surface area (Å²) in [5.41, 5.74) is 0.782. The number of carbonyl (C=O) groups excluding carboxylic acids is 1. The van der Waals surface area contributed by atoms with Gasteiger partial charge in [0.15, 0.2) is 0 Å². The topological polar surface area (TPSA) is 95.0 Å². The van der Waals surface area contributed by atoms with Gasteiger partial charge in [-0.1, -0.05) is 6.07 Å². The molecule has 160 valence electrons. The number of hydrogen-bond donors (Lipinski definition) is 2. The molecular formula is C20H17BrFN5O2S2. The third-order valence-corrected chi connectivity index (χ3v) is 8.38. The minimum absolute atomic E-state index is 0.238. The molecule has 0 unspecified atom stereocenters. The van der Waals surface area contributed by atoms with Crippen molar-refractivity contribution in [2.45, 2.75) is 31.9 Å². The number of aromatic amines is 1. The summed E-state index contributed by atoms with van der Waals surface area (Å²) >= 11 is 5.88. The molecule has 3 aromatic heterocycles. The lowest BCUT2D eigenvalue weighted by Crippen LogP contribution is -2.40. The highest BCUT2D eigenvalue weighted by atomic mass is 79.9. The molecule has 0 radical (unpaired) electrons. The molecule has 31 heavy (non-hydrogen) atoms. The Bertz CT molecular complexity index is 1310. The van der Waals surface area contributed by atoms with Crippen LogP contribution in [0, 0.1) is 5.82 Å². The Morgan fingerprint density at radius 1 is 1.35 bits per heavy atom. The SMILES string of the molecule is CC(C)(O)c1nc(Br)c(C(=O)N2CCc3[nH]cnc3[C@H]2c2nc3c(F)cccc3s2)s1. The molecule has 4 heterocycles. The molecule has 1 aliphatic heterocycles. The second-order valence-electron chi connectivity index (χ2n) is 7.75. The Hall–Kier alpha value is -2.21. The lowest BCUT2D eigenvalue weighted by Gasteiger charge is -2.33. The van der Waals surface area contributed by atoms with E-state index in [0.717, 1.165) is 17.0 Å². The number of carbonyl (C=O) groups is 1. The molecule has 11 heteroatoms. The number of benzene rings is 1. The number of rotatable bonds is 3. The van der Waals surface area contributed by atoms with Gasteiger partial charge >= 0.3 is 0 Å². The number of thiazole rings is 2. The zero-order chi connectivity index (χ0) is 21.9. The number of nitrogens with one attached hydrogen (secondary N) is 1. The van der Waals surface area contributed by atoms with Gasteiger partial charge in [-0.3, -0.25) is 4.79 Å². The number of hydrogen-bond acceptors (Lipinski definition) is 7. The van der Waals surface area contributed by atoms with Crippen LogP contribution in [0.25, 0.3) is 10.2 Å². The van der Waals surface area contributed by atoms with E-state index in [1.807, 2.05) is 6.07 Å². The van der Waals surface area contributed by atoms with Crippen LogP contribution in [-0.4, -0.2) is 42.4 Å². The van der Waals surface area contributed by atoms with Crippen molar-refractivity contribution in [2.75, 3.05) is 6.54 Å². The van der Waals surface area contributed by atoms with E-state index in [2.05, 4.69) is 35.9 Å². The van der Waals surface area contributed by atoms with E-state index in [4.69, 9.17) is 0 Å². The van der Waals surface area contributed by atoms with Gasteiger partial charge in [-0.05, 0) is 41.9 Å². The average Bonchev–Trinajstić information content (AvgIpc) is 3.44. The average molecular weight is 522 g/mol.